The van der Waals surface area contributed by atoms with Gasteiger partial charge in [-0.3, -0.25) is 0 Å². The van der Waals surface area contributed by atoms with Crippen LogP contribution in [-0.4, -0.2) is 23.8 Å². The standard InChI is InChI=1S/C36H32BNO4/c1-35(2,39)36(3,4)42-37-23-13-15-24(16-14-23)38(25-17-19-29-27-9-5-7-11-31(27)40-33(29)21-25)26-18-20-30-28-10-6-8-12-32(28)41-34(30)22-26/h5-22,37,39H,1-4H3. The zero-order chi connectivity index (χ0) is 29.1. The van der Waals surface area contributed by atoms with Crippen LogP contribution in [-0.2, 0) is 4.65 Å². The van der Waals surface area contributed by atoms with E-state index in [2.05, 4.69) is 77.7 Å². The normalized spacial score (nSPS) is 12.5. The minimum absolute atomic E-state index is 0.396. The first-order chi connectivity index (χ1) is 20.2. The molecule has 0 amide bonds. The number of fused-ring (bicyclic) bond motifs is 6. The van der Waals surface area contributed by atoms with E-state index in [0.29, 0.717) is 7.48 Å². The smallest absolute Gasteiger partial charge is 0.309 e. The summed E-state index contributed by atoms with van der Waals surface area (Å²) in [7, 11) is 0.396. The average Bonchev–Trinajstić information content (AvgIpc) is 3.54. The van der Waals surface area contributed by atoms with E-state index in [1.54, 1.807) is 13.8 Å². The van der Waals surface area contributed by atoms with E-state index in [1.807, 2.05) is 50.2 Å². The van der Waals surface area contributed by atoms with Gasteiger partial charge >= 0.3 is 7.48 Å². The van der Waals surface area contributed by atoms with Gasteiger partial charge in [-0.25, -0.2) is 0 Å². The number of para-hydroxylation sites is 2. The summed E-state index contributed by atoms with van der Waals surface area (Å²) in [4.78, 5) is 2.21. The topological polar surface area (TPSA) is 59.0 Å². The Kier molecular flexibility index (Phi) is 6.15. The molecule has 1 N–H and O–H groups in total. The molecule has 2 heterocycles. The maximum Gasteiger partial charge on any atom is 0.309 e. The molecule has 7 rings (SSSR count). The van der Waals surface area contributed by atoms with E-state index in [-0.39, 0.29) is 0 Å². The third kappa shape index (κ3) is 4.53. The largest absolute Gasteiger partial charge is 0.456 e. The van der Waals surface area contributed by atoms with Crippen molar-refractivity contribution in [3.63, 3.8) is 0 Å². The SMILES string of the molecule is CC(C)(O)C(C)(C)OBc1ccc(N(c2ccc3c(c2)oc2ccccc23)c2ccc3c(c2)oc2ccccc23)cc1. The molecule has 0 radical (unpaired) electrons. The predicted octanol–water partition coefficient (Wildman–Crippen LogP) is 8.50. The van der Waals surface area contributed by atoms with Gasteiger partial charge in [-0.2, -0.15) is 0 Å². The zero-order valence-corrected chi connectivity index (χ0v) is 24.2. The van der Waals surface area contributed by atoms with Crippen LogP contribution in [0.5, 0.6) is 0 Å². The van der Waals surface area contributed by atoms with Gasteiger partial charge < -0.3 is 23.5 Å². The molecule has 0 aliphatic heterocycles. The van der Waals surface area contributed by atoms with Crippen molar-refractivity contribution in [3.8, 4) is 0 Å². The second-order valence-electron chi connectivity index (χ2n) is 11.9. The van der Waals surface area contributed by atoms with Crippen LogP contribution < -0.4 is 10.4 Å². The molecule has 0 unspecified atom stereocenters. The lowest BCUT2D eigenvalue weighted by atomic mass is 9.82. The van der Waals surface area contributed by atoms with Gasteiger partial charge in [0.1, 0.15) is 22.3 Å². The van der Waals surface area contributed by atoms with Crippen LogP contribution in [0, 0.1) is 0 Å². The molecule has 6 heteroatoms. The van der Waals surface area contributed by atoms with E-state index in [9.17, 15) is 5.11 Å². The van der Waals surface area contributed by atoms with Gasteiger partial charge in [-0.05, 0) is 76.2 Å². The molecule has 0 fully saturated rings. The number of nitrogens with zero attached hydrogens (tertiary/aromatic N) is 1. The second kappa shape index (κ2) is 9.80. The van der Waals surface area contributed by atoms with Gasteiger partial charge in [-0.1, -0.05) is 54.0 Å². The lowest BCUT2D eigenvalue weighted by molar-refractivity contribution is -0.0893. The molecule has 2 aromatic heterocycles. The molecule has 0 aliphatic carbocycles. The highest BCUT2D eigenvalue weighted by molar-refractivity contribution is 6.47. The molecular weight excluding hydrogens is 521 g/mol. The van der Waals surface area contributed by atoms with Gasteiger partial charge in [-0.15, -0.1) is 0 Å². The maximum absolute atomic E-state index is 10.5. The summed E-state index contributed by atoms with van der Waals surface area (Å²) in [5.74, 6) is 0. The summed E-state index contributed by atoms with van der Waals surface area (Å²) in [6.07, 6.45) is 0. The van der Waals surface area contributed by atoms with Crippen molar-refractivity contribution in [2.45, 2.75) is 38.9 Å². The molecule has 5 aromatic carbocycles. The summed E-state index contributed by atoms with van der Waals surface area (Å²) in [6, 6.07) is 37.3. The first-order valence-electron chi connectivity index (χ1n) is 14.3. The number of anilines is 3. The summed E-state index contributed by atoms with van der Waals surface area (Å²) in [6.45, 7) is 7.36. The molecule has 0 atom stereocenters. The molecular formula is C36H32BNO4. The third-order valence-electron chi connectivity index (χ3n) is 8.51. The predicted molar refractivity (Wildman–Crippen MR) is 174 cm³/mol. The van der Waals surface area contributed by atoms with Crippen molar-refractivity contribution >= 4 is 73.9 Å². The molecule has 42 heavy (non-hydrogen) atoms. The van der Waals surface area contributed by atoms with Gasteiger partial charge in [0, 0.05) is 50.7 Å². The van der Waals surface area contributed by atoms with Crippen molar-refractivity contribution in [2.24, 2.45) is 0 Å². The lowest BCUT2D eigenvalue weighted by Gasteiger charge is -2.37. The zero-order valence-electron chi connectivity index (χ0n) is 24.2. The van der Waals surface area contributed by atoms with Crippen LogP contribution in [0.3, 0.4) is 0 Å². The Bertz CT molecular complexity index is 1950. The summed E-state index contributed by atoms with van der Waals surface area (Å²) >= 11 is 0. The Labute approximate surface area is 245 Å². The van der Waals surface area contributed by atoms with Gasteiger partial charge in [0.2, 0.25) is 0 Å². The fourth-order valence-electron chi connectivity index (χ4n) is 5.34. The number of benzene rings is 5. The highest BCUT2D eigenvalue weighted by atomic mass is 16.5. The fraction of sp³-hybridized carbons (Fsp3) is 0.167. The van der Waals surface area contributed by atoms with E-state index in [4.69, 9.17) is 13.5 Å². The van der Waals surface area contributed by atoms with Crippen molar-refractivity contribution in [2.75, 3.05) is 4.90 Å². The van der Waals surface area contributed by atoms with Crippen LogP contribution in [0.2, 0.25) is 0 Å². The number of hydrogen-bond donors (Lipinski definition) is 1. The molecule has 0 saturated heterocycles. The molecule has 0 aliphatic rings. The van der Waals surface area contributed by atoms with Crippen molar-refractivity contribution in [3.05, 3.63) is 109 Å². The Hall–Kier alpha value is -4.52. The lowest BCUT2D eigenvalue weighted by Crippen LogP contribution is -2.49. The first kappa shape index (κ1) is 26.4. The molecule has 0 saturated carbocycles. The second-order valence-corrected chi connectivity index (χ2v) is 11.9. The third-order valence-corrected chi connectivity index (χ3v) is 8.51. The number of aliphatic hydroxyl groups is 1. The number of furan rings is 2. The highest BCUT2D eigenvalue weighted by Gasteiger charge is 2.35. The van der Waals surface area contributed by atoms with Crippen molar-refractivity contribution in [1.82, 2.24) is 0 Å². The Balaban J connectivity index is 1.31. The van der Waals surface area contributed by atoms with Crippen molar-refractivity contribution < 1.29 is 18.6 Å². The summed E-state index contributed by atoms with van der Waals surface area (Å²) in [5.41, 5.74) is 5.73. The monoisotopic (exact) mass is 553 g/mol. The quantitative estimate of drug-likeness (QED) is 0.201. The van der Waals surface area contributed by atoms with E-state index >= 15 is 0 Å². The van der Waals surface area contributed by atoms with Gasteiger partial charge in [0.05, 0.1) is 11.2 Å². The van der Waals surface area contributed by atoms with Gasteiger partial charge in [0.25, 0.3) is 0 Å². The van der Waals surface area contributed by atoms with E-state index in [1.165, 1.54) is 0 Å². The molecule has 0 spiro atoms. The fourth-order valence-corrected chi connectivity index (χ4v) is 5.34. The minimum Gasteiger partial charge on any atom is -0.456 e. The molecule has 208 valence electrons. The van der Waals surface area contributed by atoms with E-state index < -0.39 is 11.2 Å². The summed E-state index contributed by atoms with van der Waals surface area (Å²) in [5, 5.41) is 14.9. The Morgan fingerprint density at radius 1 is 0.571 bits per heavy atom. The Morgan fingerprint density at radius 3 is 1.52 bits per heavy atom. The molecule has 0 bridgehead atoms. The average molecular weight is 553 g/mol. The first-order valence-corrected chi connectivity index (χ1v) is 14.3. The van der Waals surface area contributed by atoms with Crippen LogP contribution in [0.15, 0.2) is 118 Å². The van der Waals surface area contributed by atoms with Crippen LogP contribution in [0.1, 0.15) is 27.7 Å². The number of hydrogen-bond acceptors (Lipinski definition) is 5. The minimum atomic E-state index is -0.964. The number of rotatable bonds is 7. The maximum atomic E-state index is 10.5. The molecule has 7 aromatic rings. The van der Waals surface area contributed by atoms with Crippen LogP contribution >= 0.6 is 0 Å². The van der Waals surface area contributed by atoms with Gasteiger partial charge in [0.15, 0.2) is 0 Å². The van der Waals surface area contributed by atoms with Crippen LogP contribution in [0.25, 0.3) is 43.9 Å². The van der Waals surface area contributed by atoms with E-state index in [0.717, 1.165) is 66.4 Å². The molecule has 5 nitrogen and oxygen atoms in total. The highest BCUT2D eigenvalue weighted by Crippen LogP contribution is 2.40. The van der Waals surface area contributed by atoms with Crippen molar-refractivity contribution in [1.29, 1.82) is 0 Å². The van der Waals surface area contributed by atoms with Crippen LogP contribution in [0.4, 0.5) is 17.1 Å². The summed E-state index contributed by atoms with van der Waals surface area (Å²) < 4.78 is 18.6. The Morgan fingerprint density at radius 2 is 1.02 bits per heavy atom.